The van der Waals surface area contributed by atoms with Gasteiger partial charge in [-0.05, 0) is 41.5 Å². The number of nitrogens with zero attached hydrogens (tertiary/aromatic N) is 1. The molecular weight excluding hydrogens is 399 g/mol. The van der Waals surface area contributed by atoms with E-state index in [1.165, 1.54) is 47.4 Å². The molecule has 1 fully saturated rings. The van der Waals surface area contributed by atoms with Crippen LogP contribution in [0, 0.1) is 0 Å². The van der Waals surface area contributed by atoms with Crippen molar-refractivity contribution >= 4 is 51.9 Å². The van der Waals surface area contributed by atoms with Gasteiger partial charge in [-0.2, -0.15) is 13.2 Å². The van der Waals surface area contributed by atoms with Crippen molar-refractivity contribution in [3.8, 4) is 0 Å². The standard InChI is InChI=1S/C18H10F3NO3S2/c19-18(20,21)12-3-1-2-10(8-12)9-14-15(23)22(17(26)27-14)13-6-4-11(5-7-13)16(24)25/h1-9H,(H,24,25)/p-1/b14-9+. The zero-order chi connectivity index (χ0) is 19.8. The predicted molar refractivity (Wildman–Crippen MR) is 97.9 cm³/mol. The van der Waals surface area contributed by atoms with Crippen molar-refractivity contribution in [1.29, 1.82) is 0 Å². The van der Waals surface area contributed by atoms with E-state index >= 15 is 0 Å². The molecule has 0 aliphatic carbocycles. The molecule has 0 atom stereocenters. The molecule has 3 rings (SSSR count). The van der Waals surface area contributed by atoms with E-state index < -0.39 is 23.6 Å². The summed E-state index contributed by atoms with van der Waals surface area (Å²) in [6.45, 7) is 0. The van der Waals surface area contributed by atoms with Crippen LogP contribution >= 0.6 is 24.0 Å². The van der Waals surface area contributed by atoms with Gasteiger partial charge in [0.25, 0.3) is 5.91 Å². The minimum Gasteiger partial charge on any atom is -0.545 e. The highest BCUT2D eigenvalue weighted by Gasteiger charge is 2.34. The molecular formula is C18H9F3NO3S2-. The Bertz CT molecular complexity index is 969. The first-order valence-corrected chi connectivity index (χ1v) is 8.66. The lowest BCUT2D eigenvalue weighted by Gasteiger charge is -2.15. The van der Waals surface area contributed by atoms with E-state index in [4.69, 9.17) is 12.2 Å². The normalized spacial score (nSPS) is 16.3. The molecule has 0 saturated carbocycles. The molecule has 0 N–H and O–H groups in total. The van der Waals surface area contributed by atoms with Crippen molar-refractivity contribution < 1.29 is 27.9 Å². The molecule has 0 aromatic heterocycles. The quantitative estimate of drug-likeness (QED) is 0.575. The van der Waals surface area contributed by atoms with Crippen molar-refractivity contribution in [2.75, 3.05) is 4.90 Å². The summed E-state index contributed by atoms with van der Waals surface area (Å²) in [7, 11) is 0. The number of hydrogen-bond acceptors (Lipinski definition) is 5. The minimum atomic E-state index is -4.48. The topological polar surface area (TPSA) is 60.4 Å². The van der Waals surface area contributed by atoms with E-state index in [-0.39, 0.29) is 20.4 Å². The molecule has 1 aliphatic rings. The fraction of sp³-hybridized carbons (Fsp3) is 0.0556. The third-order valence-corrected chi connectivity index (χ3v) is 4.97. The van der Waals surface area contributed by atoms with E-state index in [9.17, 15) is 27.9 Å². The number of aromatic carboxylic acids is 1. The second kappa shape index (κ2) is 7.16. The summed E-state index contributed by atoms with van der Waals surface area (Å²) in [5.74, 6) is -1.85. The van der Waals surface area contributed by atoms with Crippen molar-refractivity contribution in [2.24, 2.45) is 0 Å². The highest BCUT2D eigenvalue weighted by atomic mass is 32.2. The van der Waals surface area contributed by atoms with Gasteiger partial charge in [0.15, 0.2) is 4.32 Å². The first-order chi connectivity index (χ1) is 12.7. The number of carbonyl (C=O) groups excluding carboxylic acids is 2. The maximum atomic E-state index is 12.8. The third-order valence-electron chi connectivity index (χ3n) is 3.67. The van der Waals surface area contributed by atoms with Gasteiger partial charge in [-0.3, -0.25) is 9.69 Å². The molecule has 1 aliphatic heterocycles. The highest BCUT2D eigenvalue weighted by Crippen LogP contribution is 2.37. The second-order valence-corrected chi connectivity index (χ2v) is 7.15. The van der Waals surface area contributed by atoms with E-state index in [2.05, 4.69) is 0 Å². The van der Waals surface area contributed by atoms with E-state index in [1.54, 1.807) is 0 Å². The van der Waals surface area contributed by atoms with Crippen LogP contribution in [-0.2, 0) is 11.0 Å². The number of thioether (sulfide) groups is 1. The summed E-state index contributed by atoms with van der Waals surface area (Å²) >= 11 is 6.14. The van der Waals surface area contributed by atoms with Gasteiger partial charge in [-0.15, -0.1) is 0 Å². The Morgan fingerprint density at radius 3 is 2.41 bits per heavy atom. The van der Waals surface area contributed by atoms with E-state index in [0.717, 1.165) is 23.9 Å². The molecule has 138 valence electrons. The lowest BCUT2D eigenvalue weighted by Crippen LogP contribution is -2.28. The molecule has 9 heteroatoms. The van der Waals surface area contributed by atoms with Crippen LogP contribution in [0.25, 0.3) is 6.08 Å². The van der Waals surface area contributed by atoms with E-state index in [1.807, 2.05) is 0 Å². The van der Waals surface area contributed by atoms with Crippen molar-refractivity contribution in [3.63, 3.8) is 0 Å². The maximum Gasteiger partial charge on any atom is 0.416 e. The lowest BCUT2D eigenvalue weighted by atomic mass is 10.1. The number of carbonyl (C=O) groups is 2. The van der Waals surface area contributed by atoms with Crippen LogP contribution < -0.4 is 10.0 Å². The molecule has 0 unspecified atom stereocenters. The monoisotopic (exact) mass is 408 g/mol. The molecule has 4 nitrogen and oxygen atoms in total. The number of halogens is 3. The van der Waals surface area contributed by atoms with Crippen LogP contribution in [0.5, 0.6) is 0 Å². The fourth-order valence-corrected chi connectivity index (χ4v) is 3.69. The Balaban J connectivity index is 1.90. The SMILES string of the molecule is O=C([O-])c1ccc(N2C(=O)/C(=C\c3cccc(C(F)(F)F)c3)SC2=S)cc1. The molecule has 2 aromatic carbocycles. The van der Waals surface area contributed by atoms with Gasteiger partial charge in [0.2, 0.25) is 0 Å². The Morgan fingerprint density at radius 1 is 1.15 bits per heavy atom. The summed E-state index contributed by atoms with van der Waals surface area (Å²) < 4.78 is 38.7. The average Bonchev–Trinajstić information content (AvgIpc) is 2.88. The summed E-state index contributed by atoms with van der Waals surface area (Å²) in [4.78, 5) is 24.8. The summed E-state index contributed by atoms with van der Waals surface area (Å²) in [5.41, 5.74) is -0.291. The first kappa shape index (κ1) is 19.1. The maximum absolute atomic E-state index is 12.8. The lowest BCUT2D eigenvalue weighted by molar-refractivity contribution is -0.255. The Labute approximate surface area is 161 Å². The van der Waals surface area contributed by atoms with Crippen LogP contribution in [0.2, 0.25) is 0 Å². The van der Waals surface area contributed by atoms with Crippen LogP contribution in [0.15, 0.2) is 53.4 Å². The summed E-state index contributed by atoms with van der Waals surface area (Å²) in [6, 6.07) is 9.97. The van der Waals surface area contributed by atoms with Gasteiger partial charge in [-0.1, -0.05) is 48.2 Å². The molecule has 1 heterocycles. The molecule has 1 saturated heterocycles. The largest absolute Gasteiger partial charge is 0.545 e. The summed E-state index contributed by atoms with van der Waals surface area (Å²) in [6.07, 6.45) is -3.15. The number of anilines is 1. The van der Waals surface area contributed by atoms with Gasteiger partial charge >= 0.3 is 6.18 Å². The van der Waals surface area contributed by atoms with Gasteiger partial charge in [-0.25, -0.2) is 0 Å². The smallest absolute Gasteiger partial charge is 0.416 e. The number of hydrogen-bond donors (Lipinski definition) is 0. The Morgan fingerprint density at radius 2 is 1.81 bits per heavy atom. The van der Waals surface area contributed by atoms with Crippen LogP contribution in [-0.4, -0.2) is 16.2 Å². The zero-order valence-corrected chi connectivity index (χ0v) is 15.0. The van der Waals surface area contributed by atoms with Crippen LogP contribution in [0.1, 0.15) is 21.5 Å². The number of thiocarbonyl (C=S) groups is 1. The number of carboxylic acid groups (broad SMARTS) is 1. The number of amides is 1. The number of alkyl halides is 3. The van der Waals surface area contributed by atoms with E-state index in [0.29, 0.717) is 5.69 Å². The van der Waals surface area contributed by atoms with Gasteiger partial charge < -0.3 is 9.90 Å². The predicted octanol–water partition coefficient (Wildman–Crippen LogP) is 3.47. The van der Waals surface area contributed by atoms with Crippen molar-refractivity contribution in [2.45, 2.75) is 6.18 Å². The Hall–Kier alpha value is -2.65. The van der Waals surface area contributed by atoms with Gasteiger partial charge in [0, 0.05) is 0 Å². The first-order valence-electron chi connectivity index (χ1n) is 7.43. The molecule has 1 amide bonds. The molecule has 27 heavy (non-hydrogen) atoms. The van der Waals surface area contributed by atoms with Crippen LogP contribution in [0.4, 0.5) is 18.9 Å². The number of carboxylic acids is 1. The average molecular weight is 408 g/mol. The van der Waals surface area contributed by atoms with Gasteiger partial charge in [0.1, 0.15) is 0 Å². The number of rotatable bonds is 3. The highest BCUT2D eigenvalue weighted by molar-refractivity contribution is 8.27. The molecule has 0 spiro atoms. The summed E-state index contributed by atoms with van der Waals surface area (Å²) in [5, 5.41) is 10.8. The molecule has 2 aromatic rings. The third kappa shape index (κ3) is 4.04. The van der Waals surface area contributed by atoms with Crippen LogP contribution in [0.3, 0.4) is 0 Å². The second-order valence-electron chi connectivity index (χ2n) is 5.47. The number of benzene rings is 2. The zero-order valence-electron chi connectivity index (χ0n) is 13.3. The van der Waals surface area contributed by atoms with Gasteiger partial charge in [0.05, 0.1) is 22.1 Å². The molecule has 0 bridgehead atoms. The minimum absolute atomic E-state index is 0.0521. The molecule has 0 radical (unpaired) electrons. The van der Waals surface area contributed by atoms with Crippen molar-refractivity contribution in [3.05, 3.63) is 70.1 Å². The fourth-order valence-electron chi connectivity index (χ4n) is 2.39. The van der Waals surface area contributed by atoms with Crippen molar-refractivity contribution in [1.82, 2.24) is 0 Å². The Kier molecular flexibility index (Phi) is 5.07.